The first-order chi connectivity index (χ1) is 7.34. The Morgan fingerprint density at radius 1 is 0.867 bits per heavy atom. The first-order valence-corrected chi connectivity index (χ1v) is 7.08. The molecule has 0 heterocycles. The molecule has 2 rings (SSSR count). The Morgan fingerprint density at radius 3 is 2.20 bits per heavy atom. The van der Waals surface area contributed by atoms with Gasteiger partial charge in [0.1, 0.15) is 0 Å². The summed E-state index contributed by atoms with van der Waals surface area (Å²) < 4.78 is 0. The predicted octanol–water partition coefficient (Wildman–Crippen LogP) is 3.74. The number of hydrogen-bond donors (Lipinski definition) is 1. The van der Waals surface area contributed by atoms with Crippen molar-refractivity contribution >= 4 is 0 Å². The zero-order chi connectivity index (χ0) is 10.5. The van der Waals surface area contributed by atoms with Gasteiger partial charge in [-0.15, -0.1) is 0 Å². The third-order valence-corrected chi connectivity index (χ3v) is 4.44. The molecule has 2 saturated carbocycles. The van der Waals surface area contributed by atoms with Crippen molar-refractivity contribution in [3.05, 3.63) is 0 Å². The van der Waals surface area contributed by atoms with Crippen molar-refractivity contribution in [3.8, 4) is 0 Å². The van der Waals surface area contributed by atoms with Crippen LogP contribution < -0.4 is 5.32 Å². The Bertz CT molecular complexity index is 164. The Hall–Kier alpha value is -0.0400. The molecule has 2 aliphatic rings. The van der Waals surface area contributed by atoms with E-state index in [1.807, 2.05) is 0 Å². The minimum Gasteiger partial charge on any atom is -0.314 e. The van der Waals surface area contributed by atoms with Gasteiger partial charge in [-0.05, 0) is 56.9 Å². The first kappa shape index (κ1) is 11.4. The van der Waals surface area contributed by atoms with Gasteiger partial charge in [-0.2, -0.15) is 0 Å². The molecule has 0 amide bonds. The molecule has 1 nitrogen and oxygen atoms in total. The SMILES string of the molecule is CC1CCC(NCC2CCCCC2)CC1. The van der Waals surface area contributed by atoms with Crippen molar-refractivity contribution in [2.75, 3.05) is 6.54 Å². The van der Waals surface area contributed by atoms with Gasteiger partial charge in [0, 0.05) is 6.04 Å². The maximum atomic E-state index is 3.81. The first-order valence-electron chi connectivity index (χ1n) is 7.08. The van der Waals surface area contributed by atoms with E-state index in [1.165, 1.54) is 64.3 Å². The molecule has 0 bridgehead atoms. The van der Waals surface area contributed by atoms with E-state index in [-0.39, 0.29) is 0 Å². The van der Waals surface area contributed by atoms with Crippen molar-refractivity contribution in [3.63, 3.8) is 0 Å². The van der Waals surface area contributed by atoms with E-state index >= 15 is 0 Å². The Morgan fingerprint density at radius 2 is 1.53 bits per heavy atom. The highest BCUT2D eigenvalue weighted by molar-refractivity contribution is 4.77. The Balaban J connectivity index is 1.60. The Labute approximate surface area is 95.0 Å². The van der Waals surface area contributed by atoms with Crippen LogP contribution in [-0.2, 0) is 0 Å². The van der Waals surface area contributed by atoms with Crippen LogP contribution in [-0.4, -0.2) is 12.6 Å². The number of hydrogen-bond acceptors (Lipinski definition) is 1. The van der Waals surface area contributed by atoms with Gasteiger partial charge in [-0.3, -0.25) is 0 Å². The van der Waals surface area contributed by atoms with Crippen molar-refractivity contribution in [1.82, 2.24) is 5.32 Å². The molecule has 0 aromatic carbocycles. The highest BCUT2D eigenvalue weighted by Crippen LogP contribution is 2.26. The monoisotopic (exact) mass is 209 g/mol. The lowest BCUT2D eigenvalue weighted by Gasteiger charge is -2.30. The van der Waals surface area contributed by atoms with Crippen molar-refractivity contribution in [2.45, 2.75) is 70.8 Å². The summed E-state index contributed by atoms with van der Waals surface area (Å²) in [7, 11) is 0. The van der Waals surface area contributed by atoms with E-state index in [2.05, 4.69) is 12.2 Å². The summed E-state index contributed by atoms with van der Waals surface area (Å²) in [6.45, 7) is 3.70. The fraction of sp³-hybridized carbons (Fsp3) is 1.00. The minimum absolute atomic E-state index is 0.850. The summed E-state index contributed by atoms with van der Waals surface area (Å²) in [6.07, 6.45) is 13.2. The average Bonchev–Trinajstić information content (AvgIpc) is 2.30. The highest BCUT2D eigenvalue weighted by atomic mass is 14.9. The molecular weight excluding hydrogens is 182 g/mol. The maximum absolute atomic E-state index is 3.81. The molecule has 0 unspecified atom stereocenters. The summed E-state index contributed by atoms with van der Waals surface area (Å²) in [6, 6.07) is 0.850. The third-order valence-electron chi connectivity index (χ3n) is 4.44. The normalized spacial score (nSPS) is 34.2. The van der Waals surface area contributed by atoms with Crippen LogP contribution in [0.15, 0.2) is 0 Å². The van der Waals surface area contributed by atoms with Crippen LogP contribution in [0.1, 0.15) is 64.7 Å². The third kappa shape index (κ3) is 3.79. The molecule has 88 valence electrons. The molecule has 1 N–H and O–H groups in total. The van der Waals surface area contributed by atoms with E-state index in [4.69, 9.17) is 0 Å². The molecule has 0 saturated heterocycles. The molecule has 0 aromatic rings. The van der Waals surface area contributed by atoms with E-state index in [0.717, 1.165) is 17.9 Å². The molecule has 0 aliphatic heterocycles. The smallest absolute Gasteiger partial charge is 0.00673 e. The summed E-state index contributed by atoms with van der Waals surface area (Å²) in [5, 5.41) is 3.81. The minimum atomic E-state index is 0.850. The van der Waals surface area contributed by atoms with Gasteiger partial charge in [-0.1, -0.05) is 26.2 Å². The van der Waals surface area contributed by atoms with Crippen LogP contribution >= 0.6 is 0 Å². The van der Waals surface area contributed by atoms with E-state index < -0.39 is 0 Å². The topological polar surface area (TPSA) is 12.0 Å². The summed E-state index contributed by atoms with van der Waals surface area (Å²) in [5.74, 6) is 1.98. The Kier molecular flexibility index (Phi) is 4.49. The largest absolute Gasteiger partial charge is 0.314 e. The van der Waals surface area contributed by atoms with Gasteiger partial charge >= 0.3 is 0 Å². The second-order valence-corrected chi connectivity index (χ2v) is 5.87. The lowest BCUT2D eigenvalue weighted by molar-refractivity contribution is 0.273. The van der Waals surface area contributed by atoms with Gasteiger partial charge < -0.3 is 5.32 Å². The van der Waals surface area contributed by atoms with Crippen molar-refractivity contribution in [2.24, 2.45) is 11.8 Å². The van der Waals surface area contributed by atoms with Gasteiger partial charge in [-0.25, -0.2) is 0 Å². The summed E-state index contributed by atoms with van der Waals surface area (Å²) >= 11 is 0. The van der Waals surface area contributed by atoms with Gasteiger partial charge in [0.15, 0.2) is 0 Å². The highest BCUT2D eigenvalue weighted by Gasteiger charge is 2.19. The predicted molar refractivity (Wildman–Crippen MR) is 66.0 cm³/mol. The van der Waals surface area contributed by atoms with Crippen LogP contribution in [0.25, 0.3) is 0 Å². The number of nitrogens with one attached hydrogen (secondary N) is 1. The summed E-state index contributed by atoms with van der Waals surface area (Å²) in [4.78, 5) is 0. The zero-order valence-electron chi connectivity index (χ0n) is 10.3. The standard InChI is InChI=1S/C14H27N/c1-12-7-9-14(10-8-12)15-11-13-5-3-2-4-6-13/h12-15H,2-11H2,1H3. The fourth-order valence-electron chi connectivity index (χ4n) is 3.19. The van der Waals surface area contributed by atoms with Crippen LogP contribution in [0, 0.1) is 11.8 Å². The molecule has 2 fully saturated rings. The van der Waals surface area contributed by atoms with Crippen molar-refractivity contribution in [1.29, 1.82) is 0 Å². The van der Waals surface area contributed by atoms with Crippen molar-refractivity contribution < 1.29 is 0 Å². The van der Waals surface area contributed by atoms with Gasteiger partial charge in [0.05, 0.1) is 0 Å². The number of rotatable bonds is 3. The molecule has 0 spiro atoms. The zero-order valence-corrected chi connectivity index (χ0v) is 10.3. The second-order valence-electron chi connectivity index (χ2n) is 5.87. The lowest BCUT2D eigenvalue weighted by atomic mass is 9.86. The molecule has 1 heteroatoms. The van der Waals surface area contributed by atoms with E-state index in [9.17, 15) is 0 Å². The summed E-state index contributed by atoms with van der Waals surface area (Å²) in [5.41, 5.74) is 0. The molecule has 0 atom stereocenters. The van der Waals surface area contributed by atoms with Crippen LogP contribution in [0.3, 0.4) is 0 Å². The quantitative estimate of drug-likeness (QED) is 0.746. The lowest BCUT2D eigenvalue weighted by Crippen LogP contribution is -2.36. The fourth-order valence-corrected chi connectivity index (χ4v) is 3.19. The maximum Gasteiger partial charge on any atom is 0.00673 e. The van der Waals surface area contributed by atoms with Crippen LogP contribution in [0.2, 0.25) is 0 Å². The molecule has 15 heavy (non-hydrogen) atoms. The van der Waals surface area contributed by atoms with Crippen LogP contribution in [0.4, 0.5) is 0 Å². The van der Waals surface area contributed by atoms with Crippen LogP contribution in [0.5, 0.6) is 0 Å². The molecular formula is C14H27N. The van der Waals surface area contributed by atoms with Gasteiger partial charge in [0.25, 0.3) is 0 Å². The molecule has 0 aromatic heterocycles. The molecule has 2 aliphatic carbocycles. The second kappa shape index (κ2) is 5.89. The van der Waals surface area contributed by atoms with Gasteiger partial charge in [0.2, 0.25) is 0 Å². The van der Waals surface area contributed by atoms with E-state index in [0.29, 0.717) is 0 Å². The van der Waals surface area contributed by atoms with E-state index in [1.54, 1.807) is 0 Å². The average molecular weight is 209 g/mol. The molecule has 0 radical (unpaired) electrons.